The Labute approximate surface area is 198 Å². The van der Waals surface area contributed by atoms with E-state index in [9.17, 15) is 4.79 Å². The van der Waals surface area contributed by atoms with Gasteiger partial charge in [0.05, 0.1) is 33.4 Å². The molecule has 9 heteroatoms. The predicted molar refractivity (Wildman–Crippen MR) is 126 cm³/mol. The average Bonchev–Trinajstić information content (AvgIpc) is 3.39. The number of thiophene rings is 1. The fourth-order valence-electron chi connectivity index (χ4n) is 2.83. The Morgan fingerprint density at radius 3 is 2.74 bits per heavy atom. The number of hydrogen-bond donors (Lipinski definition) is 1. The van der Waals surface area contributed by atoms with Crippen LogP contribution in [0.1, 0.15) is 20.8 Å². The molecule has 0 saturated heterocycles. The van der Waals surface area contributed by atoms with Crippen molar-refractivity contribution in [3.8, 4) is 5.75 Å². The minimum absolute atomic E-state index is 0.201. The molecule has 0 aliphatic heterocycles. The number of anilines is 1. The van der Waals surface area contributed by atoms with Crippen molar-refractivity contribution in [1.29, 1.82) is 0 Å². The molecule has 0 unspecified atom stereocenters. The van der Waals surface area contributed by atoms with Gasteiger partial charge in [-0.05, 0) is 47.3 Å². The van der Waals surface area contributed by atoms with Crippen LogP contribution in [0.25, 0.3) is 0 Å². The Kier molecular flexibility index (Phi) is 6.83. The number of rotatable bonds is 7. The predicted octanol–water partition coefficient (Wildman–Crippen LogP) is 6.78. The SMILES string of the molecule is O=C(Nc1cnn(Cc2ccc(Cl)c(Cl)c2)c1)c1cc(COc2cccc(Cl)c2)cs1. The Morgan fingerprint density at radius 1 is 1.06 bits per heavy atom. The highest BCUT2D eigenvalue weighted by atomic mass is 35.5. The van der Waals surface area contributed by atoms with Crippen molar-refractivity contribution in [2.75, 3.05) is 5.32 Å². The number of nitrogens with one attached hydrogen (secondary N) is 1. The van der Waals surface area contributed by atoms with Crippen LogP contribution in [0.15, 0.2) is 66.3 Å². The fraction of sp³-hybridized carbons (Fsp3) is 0.0909. The van der Waals surface area contributed by atoms with Crippen molar-refractivity contribution in [3.63, 3.8) is 0 Å². The van der Waals surface area contributed by atoms with Crippen LogP contribution < -0.4 is 10.1 Å². The van der Waals surface area contributed by atoms with Crippen LogP contribution in [0.3, 0.4) is 0 Å². The lowest BCUT2D eigenvalue weighted by Crippen LogP contribution is -2.09. The normalized spacial score (nSPS) is 10.8. The number of halogens is 3. The molecule has 0 radical (unpaired) electrons. The molecule has 2 heterocycles. The molecule has 0 spiro atoms. The van der Waals surface area contributed by atoms with Gasteiger partial charge in [-0.25, -0.2) is 0 Å². The molecular formula is C22H16Cl3N3O2S. The highest BCUT2D eigenvalue weighted by Crippen LogP contribution is 2.24. The van der Waals surface area contributed by atoms with Crippen LogP contribution >= 0.6 is 46.1 Å². The van der Waals surface area contributed by atoms with E-state index in [4.69, 9.17) is 39.5 Å². The zero-order valence-corrected chi connectivity index (χ0v) is 19.1. The zero-order chi connectivity index (χ0) is 21.8. The molecule has 2 aromatic heterocycles. The molecule has 0 fully saturated rings. The maximum atomic E-state index is 12.6. The summed E-state index contributed by atoms with van der Waals surface area (Å²) in [7, 11) is 0. The first kappa shape index (κ1) is 21.7. The monoisotopic (exact) mass is 491 g/mol. The number of nitrogens with zero attached hydrogens (tertiary/aromatic N) is 2. The van der Waals surface area contributed by atoms with Crippen molar-refractivity contribution in [3.05, 3.63) is 97.4 Å². The van der Waals surface area contributed by atoms with Crippen molar-refractivity contribution < 1.29 is 9.53 Å². The van der Waals surface area contributed by atoms with Crippen LogP contribution in [0.2, 0.25) is 15.1 Å². The van der Waals surface area contributed by atoms with E-state index in [1.54, 1.807) is 41.3 Å². The lowest BCUT2D eigenvalue weighted by atomic mass is 10.2. The first-order chi connectivity index (χ1) is 15.0. The number of hydrogen-bond acceptors (Lipinski definition) is 4. The van der Waals surface area contributed by atoms with Crippen LogP contribution in [0, 0.1) is 0 Å². The largest absolute Gasteiger partial charge is 0.489 e. The van der Waals surface area contributed by atoms with Gasteiger partial charge in [0, 0.05) is 16.8 Å². The third-order valence-corrected chi connectivity index (χ3v) is 6.25. The van der Waals surface area contributed by atoms with Gasteiger partial charge in [0.1, 0.15) is 12.4 Å². The third kappa shape index (κ3) is 5.80. The van der Waals surface area contributed by atoms with E-state index in [-0.39, 0.29) is 5.91 Å². The number of benzene rings is 2. The Morgan fingerprint density at radius 2 is 1.94 bits per heavy atom. The van der Waals surface area contributed by atoms with Gasteiger partial charge in [0.2, 0.25) is 0 Å². The van der Waals surface area contributed by atoms with E-state index in [0.29, 0.717) is 44.5 Å². The van der Waals surface area contributed by atoms with E-state index in [0.717, 1.165) is 11.1 Å². The fourth-order valence-corrected chi connectivity index (χ4v) is 4.12. The zero-order valence-electron chi connectivity index (χ0n) is 16.0. The minimum Gasteiger partial charge on any atom is -0.489 e. The Hall–Kier alpha value is -2.51. The lowest BCUT2D eigenvalue weighted by molar-refractivity contribution is 0.103. The van der Waals surface area contributed by atoms with Crippen LogP contribution in [-0.4, -0.2) is 15.7 Å². The van der Waals surface area contributed by atoms with E-state index < -0.39 is 0 Å². The Balaban J connectivity index is 1.34. The summed E-state index contributed by atoms with van der Waals surface area (Å²) in [6, 6.07) is 14.4. The Bertz CT molecular complexity index is 1220. The smallest absolute Gasteiger partial charge is 0.265 e. The molecule has 0 bridgehead atoms. The maximum absolute atomic E-state index is 12.6. The second-order valence-electron chi connectivity index (χ2n) is 6.69. The molecule has 1 amide bonds. The van der Waals surface area contributed by atoms with E-state index >= 15 is 0 Å². The van der Waals surface area contributed by atoms with Crippen LogP contribution in [0.4, 0.5) is 5.69 Å². The molecule has 158 valence electrons. The van der Waals surface area contributed by atoms with Crippen molar-refractivity contribution >= 4 is 57.7 Å². The summed E-state index contributed by atoms with van der Waals surface area (Å²) in [5, 5.41) is 10.7. The number of amides is 1. The van der Waals surface area contributed by atoms with Crippen LogP contribution in [0.5, 0.6) is 5.75 Å². The summed E-state index contributed by atoms with van der Waals surface area (Å²) in [6.07, 6.45) is 3.36. The molecule has 0 aliphatic carbocycles. The van der Waals surface area contributed by atoms with Gasteiger partial charge in [0.15, 0.2) is 0 Å². The average molecular weight is 493 g/mol. The molecule has 1 N–H and O–H groups in total. The molecule has 31 heavy (non-hydrogen) atoms. The summed E-state index contributed by atoms with van der Waals surface area (Å²) in [5.41, 5.74) is 2.47. The highest BCUT2D eigenvalue weighted by molar-refractivity contribution is 7.12. The van der Waals surface area contributed by atoms with Gasteiger partial charge < -0.3 is 10.1 Å². The lowest BCUT2D eigenvalue weighted by Gasteiger charge is -2.04. The van der Waals surface area contributed by atoms with Gasteiger partial charge in [-0.2, -0.15) is 5.10 Å². The highest BCUT2D eigenvalue weighted by Gasteiger charge is 2.12. The molecule has 0 saturated carbocycles. The van der Waals surface area contributed by atoms with Crippen molar-refractivity contribution in [2.24, 2.45) is 0 Å². The quantitative estimate of drug-likeness (QED) is 0.309. The third-order valence-electron chi connectivity index (χ3n) is 4.30. The summed E-state index contributed by atoms with van der Waals surface area (Å²) >= 11 is 19.3. The first-order valence-corrected chi connectivity index (χ1v) is 11.2. The summed E-state index contributed by atoms with van der Waals surface area (Å²) < 4.78 is 7.44. The summed E-state index contributed by atoms with van der Waals surface area (Å²) in [5.74, 6) is 0.479. The minimum atomic E-state index is -0.201. The molecule has 0 atom stereocenters. The van der Waals surface area contributed by atoms with Gasteiger partial charge in [0.25, 0.3) is 5.91 Å². The molecular weight excluding hydrogens is 477 g/mol. The van der Waals surface area contributed by atoms with Gasteiger partial charge in [-0.15, -0.1) is 11.3 Å². The molecule has 0 aliphatic rings. The number of carbonyl (C=O) groups excluding carboxylic acids is 1. The standard InChI is InChI=1S/C22H16Cl3N3O2S/c23-16-2-1-3-18(8-16)30-12-15-7-21(31-13-15)22(29)27-17-9-26-28(11-17)10-14-4-5-19(24)20(25)6-14/h1-9,11,13H,10,12H2,(H,27,29). The number of aromatic nitrogens is 2. The molecule has 4 rings (SSSR count). The second-order valence-corrected chi connectivity index (χ2v) is 8.86. The van der Waals surface area contributed by atoms with Gasteiger partial charge in [-0.1, -0.05) is 46.9 Å². The second kappa shape index (κ2) is 9.75. The van der Waals surface area contributed by atoms with E-state index in [2.05, 4.69) is 10.4 Å². The topological polar surface area (TPSA) is 56.2 Å². The number of carbonyl (C=O) groups is 1. The molecule has 2 aromatic carbocycles. The van der Waals surface area contributed by atoms with Crippen LogP contribution in [-0.2, 0) is 13.2 Å². The summed E-state index contributed by atoms with van der Waals surface area (Å²) in [4.78, 5) is 13.2. The van der Waals surface area contributed by atoms with Gasteiger partial charge in [-0.3, -0.25) is 9.48 Å². The molecule has 4 aromatic rings. The van der Waals surface area contributed by atoms with E-state index in [1.165, 1.54) is 11.3 Å². The summed E-state index contributed by atoms with van der Waals surface area (Å²) in [6.45, 7) is 0.864. The van der Waals surface area contributed by atoms with E-state index in [1.807, 2.05) is 29.6 Å². The van der Waals surface area contributed by atoms with Gasteiger partial charge >= 0.3 is 0 Å². The first-order valence-electron chi connectivity index (χ1n) is 9.20. The van der Waals surface area contributed by atoms with Crippen molar-refractivity contribution in [1.82, 2.24) is 9.78 Å². The number of ether oxygens (including phenoxy) is 1. The maximum Gasteiger partial charge on any atom is 0.265 e. The molecule has 5 nitrogen and oxygen atoms in total. The van der Waals surface area contributed by atoms with Crippen molar-refractivity contribution in [2.45, 2.75) is 13.2 Å².